The molecule has 1 saturated heterocycles. The molecule has 1 fully saturated rings. The number of carbonyl (C=O) groups excluding carboxylic acids is 1. The Morgan fingerprint density at radius 2 is 1.81 bits per heavy atom. The van der Waals surface area contributed by atoms with E-state index in [4.69, 9.17) is 4.74 Å². The van der Waals surface area contributed by atoms with Crippen LogP contribution >= 0.6 is 0 Å². The third kappa shape index (κ3) is 3.45. The fourth-order valence-electron chi connectivity index (χ4n) is 3.93. The zero-order valence-corrected chi connectivity index (χ0v) is 15.6. The fraction of sp³-hybridized carbons (Fsp3) is 0.381. The summed E-state index contributed by atoms with van der Waals surface area (Å²) in [6, 6.07) is 18.6. The summed E-state index contributed by atoms with van der Waals surface area (Å²) in [6.45, 7) is 4.37. The summed E-state index contributed by atoms with van der Waals surface area (Å²) in [5, 5.41) is 12.3. The third-order valence-corrected chi connectivity index (χ3v) is 5.44. The van der Waals surface area contributed by atoms with Gasteiger partial charge in [-0.15, -0.1) is 0 Å². The molecule has 142 valence electrons. The zero-order chi connectivity index (χ0) is 19.4. The Balaban J connectivity index is 2.03. The quantitative estimate of drug-likeness (QED) is 0.444. The Morgan fingerprint density at radius 3 is 2.37 bits per heavy atom. The van der Waals surface area contributed by atoms with E-state index in [0.29, 0.717) is 5.56 Å². The minimum Gasteiger partial charge on any atom is -0.466 e. The lowest BCUT2D eigenvalue weighted by Crippen LogP contribution is -2.46. The predicted octanol–water partition coefficient (Wildman–Crippen LogP) is 3.41. The highest BCUT2D eigenvalue weighted by atomic mass is 16.6. The van der Waals surface area contributed by atoms with E-state index in [1.165, 1.54) is 0 Å². The van der Waals surface area contributed by atoms with Gasteiger partial charge >= 0.3 is 5.97 Å². The molecule has 0 amide bonds. The van der Waals surface area contributed by atoms with Gasteiger partial charge in [0.1, 0.15) is 5.92 Å². The van der Waals surface area contributed by atoms with Crippen molar-refractivity contribution in [3.05, 3.63) is 81.9 Å². The molecule has 0 saturated carbocycles. The normalized spacial score (nSPS) is 23.7. The molecule has 6 heteroatoms. The van der Waals surface area contributed by atoms with Crippen molar-refractivity contribution in [1.82, 2.24) is 4.90 Å². The largest absolute Gasteiger partial charge is 0.466 e. The van der Waals surface area contributed by atoms with Gasteiger partial charge in [-0.1, -0.05) is 60.7 Å². The van der Waals surface area contributed by atoms with Crippen molar-refractivity contribution >= 4 is 5.97 Å². The molecule has 27 heavy (non-hydrogen) atoms. The maximum Gasteiger partial charge on any atom is 0.318 e. The second kappa shape index (κ2) is 7.88. The van der Waals surface area contributed by atoms with Crippen LogP contribution in [0, 0.1) is 16.0 Å². The molecule has 1 heterocycles. The van der Waals surface area contributed by atoms with Crippen LogP contribution in [0.3, 0.4) is 0 Å². The van der Waals surface area contributed by atoms with Gasteiger partial charge < -0.3 is 4.74 Å². The summed E-state index contributed by atoms with van der Waals surface area (Å²) < 4.78 is 5.22. The number of rotatable bonds is 6. The van der Waals surface area contributed by atoms with Crippen molar-refractivity contribution in [2.24, 2.45) is 5.92 Å². The van der Waals surface area contributed by atoms with Crippen molar-refractivity contribution in [2.45, 2.75) is 25.4 Å². The molecule has 0 aliphatic carbocycles. The molecule has 1 aliphatic rings. The molecule has 1 aliphatic heterocycles. The third-order valence-electron chi connectivity index (χ3n) is 5.44. The van der Waals surface area contributed by atoms with Gasteiger partial charge in [-0.3, -0.25) is 19.8 Å². The number of nitrogens with zero attached hydrogens (tertiary/aromatic N) is 2. The SMILES string of the molecule is CCOC(=O)C1CN([C@H](C)c2ccccc2)CC1(c1ccccc1)[N+](=O)[O-]. The predicted molar refractivity (Wildman–Crippen MR) is 102 cm³/mol. The summed E-state index contributed by atoms with van der Waals surface area (Å²) in [7, 11) is 0. The molecule has 0 aromatic heterocycles. The molecule has 3 atom stereocenters. The van der Waals surface area contributed by atoms with Crippen molar-refractivity contribution in [3.63, 3.8) is 0 Å². The van der Waals surface area contributed by atoms with Gasteiger partial charge in [0.25, 0.3) is 5.54 Å². The van der Waals surface area contributed by atoms with Crippen molar-refractivity contribution < 1.29 is 14.5 Å². The monoisotopic (exact) mass is 368 g/mol. The maximum absolute atomic E-state index is 12.7. The zero-order valence-electron chi connectivity index (χ0n) is 15.6. The summed E-state index contributed by atoms with van der Waals surface area (Å²) in [4.78, 5) is 26.7. The van der Waals surface area contributed by atoms with Crippen LogP contribution in [0.4, 0.5) is 0 Å². The van der Waals surface area contributed by atoms with Crippen LogP contribution in [-0.4, -0.2) is 35.5 Å². The first kappa shape index (κ1) is 19.0. The highest BCUT2D eigenvalue weighted by molar-refractivity contribution is 5.75. The van der Waals surface area contributed by atoms with E-state index in [0.717, 1.165) is 5.56 Å². The Kier molecular flexibility index (Phi) is 5.56. The van der Waals surface area contributed by atoms with Crippen LogP contribution in [0.1, 0.15) is 31.0 Å². The Hall–Kier alpha value is -2.73. The number of benzene rings is 2. The van der Waals surface area contributed by atoms with E-state index in [2.05, 4.69) is 0 Å². The summed E-state index contributed by atoms with van der Waals surface area (Å²) in [5.74, 6) is -1.37. The van der Waals surface area contributed by atoms with Crippen LogP contribution in [0.2, 0.25) is 0 Å². The average molecular weight is 368 g/mol. The number of ether oxygens (including phenoxy) is 1. The van der Waals surface area contributed by atoms with E-state index < -0.39 is 17.4 Å². The number of carbonyl (C=O) groups is 1. The summed E-state index contributed by atoms with van der Waals surface area (Å²) in [5.41, 5.74) is 0.0828. The number of hydrogen-bond donors (Lipinski definition) is 0. The van der Waals surface area contributed by atoms with Crippen LogP contribution in [0.15, 0.2) is 60.7 Å². The lowest BCUT2D eigenvalue weighted by molar-refractivity contribution is -0.581. The molecule has 3 rings (SSSR count). The van der Waals surface area contributed by atoms with Gasteiger partial charge in [0.2, 0.25) is 0 Å². The average Bonchev–Trinajstić information content (AvgIpc) is 3.11. The van der Waals surface area contributed by atoms with Crippen LogP contribution in [-0.2, 0) is 15.1 Å². The van der Waals surface area contributed by atoms with E-state index in [1.807, 2.05) is 48.2 Å². The molecule has 0 radical (unpaired) electrons. The minimum absolute atomic E-state index is 0.0475. The van der Waals surface area contributed by atoms with Gasteiger partial charge in [0.05, 0.1) is 13.2 Å². The van der Waals surface area contributed by atoms with E-state index in [9.17, 15) is 14.9 Å². The number of hydrogen-bond acceptors (Lipinski definition) is 5. The Bertz CT molecular complexity index is 796. The summed E-state index contributed by atoms with van der Waals surface area (Å²) >= 11 is 0. The molecule has 2 unspecified atom stereocenters. The highest BCUT2D eigenvalue weighted by Gasteiger charge is 2.62. The number of likely N-dealkylation sites (tertiary alicyclic amines) is 1. The molecular formula is C21H24N2O4. The molecule has 0 spiro atoms. The number of nitro groups is 1. The smallest absolute Gasteiger partial charge is 0.318 e. The minimum atomic E-state index is -1.52. The molecule has 6 nitrogen and oxygen atoms in total. The fourth-order valence-corrected chi connectivity index (χ4v) is 3.93. The van der Waals surface area contributed by atoms with Gasteiger partial charge in [-0.2, -0.15) is 0 Å². The topological polar surface area (TPSA) is 72.7 Å². The lowest BCUT2D eigenvalue weighted by atomic mass is 9.81. The second-order valence-electron chi connectivity index (χ2n) is 6.87. The van der Waals surface area contributed by atoms with Crippen LogP contribution in [0.5, 0.6) is 0 Å². The standard InChI is InChI=1S/C21H24N2O4/c1-3-27-20(24)19-14-22(16(2)17-10-6-4-7-11-17)15-21(19,23(25)26)18-12-8-5-9-13-18/h4-13,16,19H,3,14-15H2,1-2H3/t16-,19?,21?/m1/s1. The maximum atomic E-state index is 12.7. The second-order valence-corrected chi connectivity index (χ2v) is 6.87. The lowest BCUT2D eigenvalue weighted by Gasteiger charge is -2.27. The molecular weight excluding hydrogens is 344 g/mol. The van der Waals surface area contributed by atoms with Crippen LogP contribution in [0.25, 0.3) is 0 Å². The Labute approximate surface area is 158 Å². The number of esters is 1. The highest BCUT2D eigenvalue weighted by Crippen LogP contribution is 2.43. The molecule has 2 aromatic carbocycles. The van der Waals surface area contributed by atoms with E-state index in [-0.39, 0.29) is 30.7 Å². The Morgan fingerprint density at radius 1 is 1.22 bits per heavy atom. The van der Waals surface area contributed by atoms with Gasteiger partial charge in [0, 0.05) is 23.1 Å². The van der Waals surface area contributed by atoms with Crippen molar-refractivity contribution in [2.75, 3.05) is 19.7 Å². The van der Waals surface area contributed by atoms with E-state index in [1.54, 1.807) is 31.2 Å². The summed E-state index contributed by atoms with van der Waals surface area (Å²) in [6.07, 6.45) is 0. The molecule has 0 N–H and O–H groups in total. The van der Waals surface area contributed by atoms with Gasteiger partial charge in [-0.05, 0) is 19.4 Å². The van der Waals surface area contributed by atoms with Crippen molar-refractivity contribution in [1.29, 1.82) is 0 Å². The first-order valence-corrected chi connectivity index (χ1v) is 9.16. The molecule has 2 aromatic rings. The van der Waals surface area contributed by atoms with Crippen molar-refractivity contribution in [3.8, 4) is 0 Å². The first-order valence-electron chi connectivity index (χ1n) is 9.16. The first-order chi connectivity index (χ1) is 13.0. The van der Waals surface area contributed by atoms with E-state index >= 15 is 0 Å². The van der Waals surface area contributed by atoms with Gasteiger partial charge in [0.15, 0.2) is 0 Å². The van der Waals surface area contributed by atoms with Crippen LogP contribution < -0.4 is 0 Å². The molecule has 0 bridgehead atoms. The van der Waals surface area contributed by atoms with Gasteiger partial charge in [-0.25, -0.2) is 0 Å².